The number of nitrogens with two attached hydrogens (primary N) is 1. The maximum Gasteiger partial charge on any atom is 0.246 e. The SMILES string of the molecule is CC1(CN)CCN(C(C(=O)Nc2ccccc2)c2ccccc2)C1. The van der Waals surface area contributed by atoms with Crippen molar-refractivity contribution in [3.63, 3.8) is 0 Å². The van der Waals surface area contributed by atoms with Gasteiger partial charge in [0.1, 0.15) is 6.04 Å². The summed E-state index contributed by atoms with van der Waals surface area (Å²) in [5.41, 5.74) is 7.87. The van der Waals surface area contributed by atoms with E-state index in [2.05, 4.69) is 17.1 Å². The highest BCUT2D eigenvalue weighted by molar-refractivity contribution is 5.95. The highest BCUT2D eigenvalue weighted by atomic mass is 16.2. The van der Waals surface area contributed by atoms with Crippen molar-refractivity contribution in [3.8, 4) is 0 Å². The normalized spacial score (nSPS) is 22.2. The molecule has 2 atom stereocenters. The second-order valence-corrected chi connectivity index (χ2v) is 6.90. The van der Waals surface area contributed by atoms with Crippen LogP contribution in [0.3, 0.4) is 0 Å². The fourth-order valence-electron chi connectivity index (χ4n) is 3.34. The molecule has 0 aromatic heterocycles. The standard InChI is InChI=1S/C20H25N3O/c1-20(14-21)12-13-23(15-20)18(16-8-4-2-5-9-16)19(24)22-17-10-6-3-7-11-17/h2-11,18H,12-15,21H2,1H3,(H,22,24). The molecule has 1 saturated heterocycles. The lowest BCUT2D eigenvalue weighted by atomic mass is 9.90. The van der Waals surface area contributed by atoms with Crippen LogP contribution in [0.4, 0.5) is 5.69 Å². The summed E-state index contributed by atoms with van der Waals surface area (Å²) in [6.07, 6.45) is 1.02. The van der Waals surface area contributed by atoms with Crippen molar-refractivity contribution >= 4 is 11.6 Å². The van der Waals surface area contributed by atoms with E-state index in [9.17, 15) is 4.79 Å². The average Bonchev–Trinajstić information content (AvgIpc) is 2.99. The van der Waals surface area contributed by atoms with Crippen molar-refractivity contribution in [3.05, 3.63) is 66.2 Å². The van der Waals surface area contributed by atoms with E-state index in [1.807, 2.05) is 60.7 Å². The monoisotopic (exact) mass is 323 g/mol. The summed E-state index contributed by atoms with van der Waals surface area (Å²) < 4.78 is 0. The van der Waals surface area contributed by atoms with Gasteiger partial charge >= 0.3 is 0 Å². The minimum Gasteiger partial charge on any atom is -0.330 e. The van der Waals surface area contributed by atoms with Crippen molar-refractivity contribution in [2.75, 3.05) is 25.0 Å². The maximum absolute atomic E-state index is 13.0. The van der Waals surface area contributed by atoms with Crippen LogP contribution in [0, 0.1) is 5.41 Å². The fourth-order valence-corrected chi connectivity index (χ4v) is 3.34. The molecule has 1 amide bonds. The van der Waals surface area contributed by atoms with Gasteiger partial charge in [0, 0.05) is 12.2 Å². The van der Waals surface area contributed by atoms with Crippen molar-refractivity contribution in [1.29, 1.82) is 0 Å². The molecule has 0 spiro atoms. The van der Waals surface area contributed by atoms with E-state index < -0.39 is 0 Å². The Kier molecular flexibility index (Phi) is 4.97. The first kappa shape index (κ1) is 16.7. The number of carbonyl (C=O) groups excluding carboxylic acids is 1. The highest BCUT2D eigenvalue weighted by Crippen LogP contribution is 2.35. The predicted octanol–water partition coefficient (Wildman–Crippen LogP) is 3.04. The molecule has 0 radical (unpaired) electrons. The topological polar surface area (TPSA) is 58.4 Å². The van der Waals surface area contributed by atoms with Crippen LogP contribution in [0.2, 0.25) is 0 Å². The number of hydrogen-bond acceptors (Lipinski definition) is 3. The molecule has 2 aromatic carbocycles. The number of amides is 1. The van der Waals surface area contributed by atoms with Gasteiger partial charge in [-0.2, -0.15) is 0 Å². The van der Waals surface area contributed by atoms with Crippen molar-refractivity contribution < 1.29 is 4.79 Å². The summed E-state index contributed by atoms with van der Waals surface area (Å²) in [6, 6.07) is 19.3. The molecular weight excluding hydrogens is 298 g/mol. The number of benzene rings is 2. The molecule has 1 heterocycles. The molecule has 24 heavy (non-hydrogen) atoms. The summed E-state index contributed by atoms with van der Waals surface area (Å²) >= 11 is 0. The molecule has 4 heteroatoms. The van der Waals surface area contributed by atoms with Crippen molar-refractivity contribution in [2.45, 2.75) is 19.4 Å². The van der Waals surface area contributed by atoms with Gasteiger partial charge in [0.15, 0.2) is 0 Å². The number of carbonyl (C=O) groups is 1. The number of hydrogen-bond donors (Lipinski definition) is 2. The lowest BCUT2D eigenvalue weighted by Crippen LogP contribution is -2.38. The Labute approximate surface area is 143 Å². The van der Waals surface area contributed by atoms with E-state index in [4.69, 9.17) is 5.73 Å². The Morgan fingerprint density at radius 2 is 1.79 bits per heavy atom. The lowest BCUT2D eigenvalue weighted by molar-refractivity contribution is -0.121. The molecule has 2 aromatic rings. The first-order chi connectivity index (χ1) is 11.6. The number of rotatable bonds is 5. The van der Waals surface area contributed by atoms with Crippen LogP contribution in [0.25, 0.3) is 0 Å². The van der Waals surface area contributed by atoms with E-state index >= 15 is 0 Å². The van der Waals surface area contributed by atoms with E-state index in [0.29, 0.717) is 6.54 Å². The Morgan fingerprint density at radius 3 is 2.38 bits per heavy atom. The van der Waals surface area contributed by atoms with Crippen LogP contribution in [0.15, 0.2) is 60.7 Å². The number of anilines is 1. The number of para-hydroxylation sites is 1. The third kappa shape index (κ3) is 3.66. The van der Waals surface area contributed by atoms with Gasteiger partial charge in [-0.3, -0.25) is 9.69 Å². The second kappa shape index (κ2) is 7.16. The van der Waals surface area contributed by atoms with Crippen LogP contribution in [0.5, 0.6) is 0 Å². The molecule has 126 valence electrons. The highest BCUT2D eigenvalue weighted by Gasteiger charge is 2.38. The zero-order valence-corrected chi connectivity index (χ0v) is 14.1. The van der Waals surface area contributed by atoms with E-state index in [0.717, 1.165) is 30.8 Å². The zero-order chi connectivity index (χ0) is 17.0. The molecule has 0 aliphatic carbocycles. The minimum atomic E-state index is -0.292. The number of nitrogens with zero attached hydrogens (tertiary/aromatic N) is 1. The van der Waals surface area contributed by atoms with E-state index in [1.165, 1.54) is 0 Å². The van der Waals surface area contributed by atoms with Gasteiger partial charge in [-0.15, -0.1) is 0 Å². The van der Waals surface area contributed by atoms with Crippen molar-refractivity contribution in [1.82, 2.24) is 4.90 Å². The lowest BCUT2D eigenvalue weighted by Gasteiger charge is -2.29. The predicted molar refractivity (Wildman–Crippen MR) is 97.6 cm³/mol. The minimum absolute atomic E-state index is 0.00803. The zero-order valence-electron chi connectivity index (χ0n) is 14.1. The molecule has 3 rings (SSSR count). The molecule has 4 nitrogen and oxygen atoms in total. The van der Waals surface area contributed by atoms with Crippen LogP contribution < -0.4 is 11.1 Å². The molecule has 1 aliphatic rings. The molecule has 0 saturated carbocycles. The Balaban J connectivity index is 1.84. The molecule has 2 unspecified atom stereocenters. The van der Waals surface area contributed by atoms with Gasteiger partial charge < -0.3 is 11.1 Å². The van der Waals surface area contributed by atoms with E-state index in [1.54, 1.807) is 0 Å². The largest absolute Gasteiger partial charge is 0.330 e. The molecular formula is C20H25N3O. The summed E-state index contributed by atoms with van der Waals surface area (Å²) in [7, 11) is 0. The molecule has 3 N–H and O–H groups in total. The summed E-state index contributed by atoms with van der Waals surface area (Å²) in [4.78, 5) is 15.3. The van der Waals surface area contributed by atoms with Gasteiger partial charge in [-0.25, -0.2) is 0 Å². The van der Waals surface area contributed by atoms with Gasteiger partial charge in [-0.05, 0) is 42.6 Å². The second-order valence-electron chi connectivity index (χ2n) is 6.90. The third-order valence-corrected chi connectivity index (χ3v) is 4.85. The van der Waals surface area contributed by atoms with Gasteiger partial charge in [0.2, 0.25) is 5.91 Å². The van der Waals surface area contributed by atoms with Gasteiger partial charge in [0.05, 0.1) is 0 Å². The maximum atomic E-state index is 13.0. The number of nitrogens with one attached hydrogen (secondary N) is 1. The van der Waals surface area contributed by atoms with Gasteiger partial charge in [0.25, 0.3) is 0 Å². The Bertz CT molecular complexity index is 674. The van der Waals surface area contributed by atoms with Crippen LogP contribution in [0.1, 0.15) is 24.9 Å². The first-order valence-corrected chi connectivity index (χ1v) is 8.46. The first-order valence-electron chi connectivity index (χ1n) is 8.46. The van der Waals surface area contributed by atoms with E-state index in [-0.39, 0.29) is 17.4 Å². The smallest absolute Gasteiger partial charge is 0.246 e. The van der Waals surface area contributed by atoms with Crippen LogP contribution in [-0.2, 0) is 4.79 Å². The van der Waals surface area contributed by atoms with Crippen molar-refractivity contribution in [2.24, 2.45) is 11.1 Å². The Morgan fingerprint density at radius 1 is 1.17 bits per heavy atom. The molecule has 0 bridgehead atoms. The Hall–Kier alpha value is -2.17. The fraction of sp³-hybridized carbons (Fsp3) is 0.350. The average molecular weight is 323 g/mol. The van der Waals surface area contributed by atoms with Gasteiger partial charge in [-0.1, -0.05) is 55.5 Å². The van der Waals surface area contributed by atoms with Crippen LogP contribution >= 0.6 is 0 Å². The molecule has 1 aliphatic heterocycles. The summed E-state index contributed by atoms with van der Waals surface area (Å²) in [5, 5.41) is 3.05. The summed E-state index contributed by atoms with van der Waals surface area (Å²) in [5.74, 6) is 0.00803. The third-order valence-electron chi connectivity index (χ3n) is 4.85. The molecule has 1 fully saturated rings. The summed E-state index contributed by atoms with van der Waals surface area (Å²) in [6.45, 7) is 4.57. The quantitative estimate of drug-likeness (QED) is 0.889. The number of likely N-dealkylation sites (tertiary alicyclic amines) is 1. The van der Waals surface area contributed by atoms with Crippen LogP contribution in [-0.4, -0.2) is 30.4 Å².